The van der Waals surface area contributed by atoms with Gasteiger partial charge in [0.05, 0.1) is 18.2 Å². The Balaban J connectivity index is 2.40. The second-order valence-electron chi connectivity index (χ2n) is 3.93. The molecule has 1 aromatic carbocycles. The van der Waals surface area contributed by atoms with E-state index in [9.17, 15) is 4.79 Å². The van der Waals surface area contributed by atoms with Crippen LogP contribution < -0.4 is 20.1 Å². The van der Waals surface area contributed by atoms with Gasteiger partial charge in [-0.05, 0) is 58.8 Å². The highest BCUT2D eigenvalue weighted by atomic mass is 79.9. The third-order valence-corrected chi connectivity index (χ3v) is 3.36. The Morgan fingerprint density at radius 1 is 1.40 bits per heavy atom. The van der Waals surface area contributed by atoms with Crippen molar-refractivity contribution in [3.8, 4) is 11.5 Å². The Kier molecular flexibility index (Phi) is 4.61. The van der Waals surface area contributed by atoms with Gasteiger partial charge in [0.1, 0.15) is 5.70 Å². The number of halogens is 1. The average molecular weight is 357 g/mol. The van der Waals surface area contributed by atoms with E-state index in [1.165, 1.54) is 0 Å². The summed E-state index contributed by atoms with van der Waals surface area (Å²) in [5.74, 6) is 0.977. The fraction of sp³-hybridized carbons (Fsp3) is 0.231. The summed E-state index contributed by atoms with van der Waals surface area (Å²) in [7, 11) is 1.57. The van der Waals surface area contributed by atoms with Crippen LogP contribution in [0.2, 0.25) is 0 Å². The molecule has 0 atom stereocenters. The number of rotatable bonds is 4. The number of ether oxygens (including phenoxy) is 2. The molecule has 106 valence electrons. The highest BCUT2D eigenvalue weighted by Crippen LogP contribution is 2.37. The van der Waals surface area contributed by atoms with Gasteiger partial charge in [-0.25, -0.2) is 0 Å². The van der Waals surface area contributed by atoms with E-state index in [4.69, 9.17) is 21.7 Å². The van der Waals surface area contributed by atoms with E-state index in [2.05, 4.69) is 26.6 Å². The molecule has 5 nitrogen and oxygen atoms in total. The second-order valence-corrected chi connectivity index (χ2v) is 5.20. The van der Waals surface area contributed by atoms with Gasteiger partial charge in [-0.15, -0.1) is 0 Å². The molecule has 0 aliphatic carbocycles. The number of hydrogen-bond acceptors (Lipinski definition) is 4. The van der Waals surface area contributed by atoms with E-state index in [0.717, 1.165) is 10.0 Å². The van der Waals surface area contributed by atoms with Gasteiger partial charge < -0.3 is 14.8 Å². The second kappa shape index (κ2) is 6.23. The average Bonchev–Trinajstić information content (AvgIpc) is 2.68. The Hall–Kier alpha value is -1.60. The molecule has 7 heteroatoms. The fourth-order valence-corrected chi connectivity index (χ4v) is 2.61. The highest BCUT2D eigenvalue weighted by Gasteiger charge is 2.20. The molecule has 1 saturated heterocycles. The molecule has 1 amide bonds. The van der Waals surface area contributed by atoms with Crippen LogP contribution in [0, 0.1) is 0 Å². The maximum atomic E-state index is 11.6. The van der Waals surface area contributed by atoms with E-state index in [1.807, 2.05) is 13.0 Å². The summed E-state index contributed by atoms with van der Waals surface area (Å²) in [5.41, 5.74) is 1.19. The van der Waals surface area contributed by atoms with Crippen molar-refractivity contribution in [3.05, 3.63) is 27.9 Å². The zero-order valence-electron chi connectivity index (χ0n) is 11.0. The van der Waals surface area contributed by atoms with Crippen molar-refractivity contribution >= 4 is 45.2 Å². The zero-order chi connectivity index (χ0) is 14.7. The molecule has 1 heterocycles. The lowest BCUT2D eigenvalue weighted by atomic mass is 10.1. The molecular weight excluding hydrogens is 344 g/mol. The SMILES string of the molecule is CCOc1cc(/C=C2\NC(=S)NC2=O)cc(Br)c1OC. The molecule has 0 spiro atoms. The largest absolute Gasteiger partial charge is 0.492 e. The Morgan fingerprint density at radius 2 is 2.15 bits per heavy atom. The van der Waals surface area contributed by atoms with Crippen molar-refractivity contribution < 1.29 is 14.3 Å². The first-order valence-corrected chi connectivity index (χ1v) is 7.09. The van der Waals surface area contributed by atoms with Crippen molar-refractivity contribution in [2.45, 2.75) is 6.92 Å². The summed E-state index contributed by atoms with van der Waals surface area (Å²) in [4.78, 5) is 11.6. The normalized spacial score (nSPS) is 16.1. The molecule has 0 radical (unpaired) electrons. The van der Waals surface area contributed by atoms with Crippen LogP contribution in [0.4, 0.5) is 0 Å². The van der Waals surface area contributed by atoms with Gasteiger partial charge in [-0.3, -0.25) is 10.1 Å². The zero-order valence-corrected chi connectivity index (χ0v) is 13.4. The van der Waals surface area contributed by atoms with Gasteiger partial charge in [-0.1, -0.05) is 0 Å². The molecule has 1 aliphatic heterocycles. The van der Waals surface area contributed by atoms with Gasteiger partial charge in [0.25, 0.3) is 5.91 Å². The molecule has 20 heavy (non-hydrogen) atoms. The predicted octanol–water partition coefficient (Wildman–Crippen LogP) is 2.20. The predicted molar refractivity (Wildman–Crippen MR) is 83.7 cm³/mol. The minimum absolute atomic E-state index is 0.250. The first-order valence-electron chi connectivity index (χ1n) is 5.89. The Labute approximate surface area is 130 Å². The van der Waals surface area contributed by atoms with Crippen LogP contribution in [-0.2, 0) is 4.79 Å². The first-order chi connectivity index (χ1) is 9.55. The van der Waals surface area contributed by atoms with Crippen molar-refractivity contribution in [3.63, 3.8) is 0 Å². The number of thiocarbonyl (C=S) groups is 1. The van der Waals surface area contributed by atoms with Crippen LogP contribution in [0.3, 0.4) is 0 Å². The van der Waals surface area contributed by atoms with Crippen molar-refractivity contribution in [1.29, 1.82) is 0 Å². The van der Waals surface area contributed by atoms with Gasteiger partial charge in [0.2, 0.25) is 0 Å². The third-order valence-electron chi connectivity index (χ3n) is 2.57. The summed E-state index contributed by atoms with van der Waals surface area (Å²) in [6, 6.07) is 3.64. The quantitative estimate of drug-likeness (QED) is 0.639. The van der Waals surface area contributed by atoms with Crippen LogP contribution >= 0.6 is 28.1 Å². The molecule has 0 saturated carbocycles. The van der Waals surface area contributed by atoms with Crippen LogP contribution in [0.25, 0.3) is 6.08 Å². The van der Waals surface area contributed by atoms with Gasteiger partial charge >= 0.3 is 0 Å². The molecule has 2 N–H and O–H groups in total. The summed E-state index contributed by atoms with van der Waals surface area (Å²) in [6.45, 7) is 2.41. The number of carbonyl (C=O) groups excluding carboxylic acids is 1. The molecule has 2 rings (SSSR count). The molecular formula is C13H13BrN2O3S. The minimum atomic E-state index is -0.250. The fourth-order valence-electron chi connectivity index (χ4n) is 1.78. The van der Waals surface area contributed by atoms with Crippen molar-refractivity contribution in [1.82, 2.24) is 10.6 Å². The van der Waals surface area contributed by atoms with Crippen LogP contribution in [-0.4, -0.2) is 24.7 Å². The summed E-state index contributed by atoms with van der Waals surface area (Å²) < 4.78 is 11.6. The first kappa shape index (κ1) is 14.8. The summed E-state index contributed by atoms with van der Waals surface area (Å²) >= 11 is 8.31. The van der Waals surface area contributed by atoms with Crippen molar-refractivity contribution in [2.24, 2.45) is 0 Å². The van der Waals surface area contributed by atoms with Gasteiger partial charge in [0, 0.05) is 0 Å². The Morgan fingerprint density at radius 3 is 2.70 bits per heavy atom. The van der Waals surface area contributed by atoms with E-state index in [1.54, 1.807) is 19.3 Å². The lowest BCUT2D eigenvalue weighted by Crippen LogP contribution is -2.21. The van der Waals surface area contributed by atoms with Crippen LogP contribution in [0.15, 0.2) is 22.3 Å². The lowest BCUT2D eigenvalue weighted by molar-refractivity contribution is -0.115. The van der Waals surface area contributed by atoms with E-state index < -0.39 is 0 Å². The summed E-state index contributed by atoms with van der Waals surface area (Å²) in [5, 5.41) is 5.61. The highest BCUT2D eigenvalue weighted by molar-refractivity contribution is 9.10. The van der Waals surface area contributed by atoms with Crippen molar-refractivity contribution in [2.75, 3.05) is 13.7 Å². The van der Waals surface area contributed by atoms with E-state index in [0.29, 0.717) is 28.9 Å². The standard InChI is InChI=1S/C13H13BrN2O3S/c1-3-19-10-6-7(4-8(14)11(10)18-2)5-9-12(17)16-13(20)15-9/h4-6H,3H2,1-2H3,(H2,15,16,17,20)/b9-5-. The number of nitrogens with one attached hydrogen (secondary N) is 2. The van der Waals surface area contributed by atoms with Gasteiger partial charge in [-0.2, -0.15) is 0 Å². The number of benzene rings is 1. The summed E-state index contributed by atoms with van der Waals surface area (Å²) in [6.07, 6.45) is 1.70. The maximum absolute atomic E-state index is 11.6. The third kappa shape index (κ3) is 3.10. The smallest absolute Gasteiger partial charge is 0.273 e. The van der Waals surface area contributed by atoms with Crippen LogP contribution in [0.1, 0.15) is 12.5 Å². The number of carbonyl (C=O) groups is 1. The van der Waals surface area contributed by atoms with Crippen LogP contribution in [0.5, 0.6) is 11.5 Å². The number of hydrogen-bond donors (Lipinski definition) is 2. The van der Waals surface area contributed by atoms with Gasteiger partial charge in [0.15, 0.2) is 16.6 Å². The topological polar surface area (TPSA) is 59.6 Å². The number of methoxy groups -OCH3 is 1. The minimum Gasteiger partial charge on any atom is -0.492 e. The molecule has 0 aromatic heterocycles. The monoisotopic (exact) mass is 356 g/mol. The molecule has 1 aromatic rings. The molecule has 1 fully saturated rings. The maximum Gasteiger partial charge on any atom is 0.273 e. The molecule has 0 unspecified atom stereocenters. The molecule has 1 aliphatic rings. The lowest BCUT2D eigenvalue weighted by Gasteiger charge is -2.12. The molecule has 0 bridgehead atoms. The number of amides is 1. The van der Waals surface area contributed by atoms with E-state index in [-0.39, 0.29) is 5.91 Å². The Bertz CT molecular complexity index is 602. The van der Waals surface area contributed by atoms with E-state index >= 15 is 0 Å².